The van der Waals surface area contributed by atoms with Gasteiger partial charge in [-0.2, -0.15) is 5.26 Å². The number of amides is 1. The molecule has 0 radical (unpaired) electrons. The van der Waals surface area contributed by atoms with E-state index >= 15 is 0 Å². The Morgan fingerprint density at radius 2 is 2.15 bits per heavy atom. The van der Waals surface area contributed by atoms with Crippen molar-refractivity contribution in [1.29, 1.82) is 5.26 Å². The van der Waals surface area contributed by atoms with Crippen LogP contribution in [-0.4, -0.2) is 11.4 Å². The molecule has 4 nitrogen and oxygen atoms in total. The van der Waals surface area contributed by atoms with Crippen LogP contribution in [0, 0.1) is 24.2 Å². The third-order valence-electron chi connectivity index (χ3n) is 3.90. The van der Waals surface area contributed by atoms with Gasteiger partial charge in [0.1, 0.15) is 5.54 Å². The summed E-state index contributed by atoms with van der Waals surface area (Å²) in [5, 5.41) is 11.9. The molecule has 1 amide bonds. The second-order valence-electron chi connectivity index (χ2n) is 5.50. The van der Waals surface area contributed by atoms with Gasteiger partial charge in [-0.3, -0.25) is 4.79 Å². The molecule has 0 atom stereocenters. The first-order valence-corrected chi connectivity index (χ1v) is 7.50. The molecule has 1 aliphatic rings. The Kier molecular flexibility index (Phi) is 4.46. The summed E-state index contributed by atoms with van der Waals surface area (Å²) < 4.78 is 1.02. The van der Waals surface area contributed by atoms with Gasteiger partial charge in [-0.25, -0.2) is 0 Å². The largest absolute Gasteiger partial charge is 0.326 e. The van der Waals surface area contributed by atoms with Crippen LogP contribution in [0.4, 0.5) is 5.69 Å². The first kappa shape index (κ1) is 15.0. The smallest absolute Gasteiger partial charge is 0.227 e. The molecule has 1 saturated carbocycles. The summed E-state index contributed by atoms with van der Waals surface area (Å²) in [5.41, 5.74) is 7.05. The predicted octanol–water partition coefficient (Wildman–Crippen LogP) is 3.11. The van der Waals surface area contributed by atoms with Gasteiger partial charge in [-0.05, 0) is 56.4 Å². The minimum absolute atomic E-state index is 0.0201. The molecule has 20 heavy (non-hydrogen) atoms. The maximum atomic E-state index is 12.2. The highest BCUT2D eigenvalue weighted by Crippen LogP contribution is 2.31. The molecule has 0 aromatic heterocycles. The number of rotatable bonds is 2. The highest BCUT2D eigenvalue weighted by Gasteiger charge is 2.34. The summed E-state index contributed by atoms with van der Waals surface area (Å²) in [7, 11) is 0. The van der Waals surface area contributed by atoms with Crippen LogP contribution in [0.2, 0.25) is 0 Å². The molecule has 0 unspecified atom stereocenters. The number of nitrogens with one attached hydrogen (secondary N) is 1. The third-order valence-corrected chi connectivity index (χ3v) is 4.79. The van der Waals surface area contributed by atoms with Crippen molar-refractivity contribution in [3.8, 4) is 6.07 Å². The molecule has 5 heteroatoms. The number of carbonyl (C=O) groups is 1. The van der Waals surface area contributed by atoms with Crippen molar-refractivity contribution >= 4 is 27.5 Å². The lowest BCUT2D eigenvalue weighted by Gasteiger charge is -2.31. The van der Waals surface area contributed by atoms with Crippen LogP contribution in [0.5, 0.6) is 0 Å². The van der Waals surface area contributed by atoms with Crippen molar-refractivity contribution in [3.63, 3.8) is 0 Å². The number of nitrogens with zero attached hydrogens (tertiary/aromatic N) is 1. The van der Waals surface area contributed by atoms with E-state index in [1.54, 1.807) is 0 Å². The summed E-state index contributed by atoms with van der Waals surface area (Å²) in [6.45, 7) is 1.98. The van der Waals surface area contributed by atoms with E-state index in [-0.39, 0.29) is 11.8 Å². The molecule has 1 aromatic rings. The quantitative estimate of drug-likeness (QED) is 0.871. The molecule has 0 saturated heterocycles. The molecule has 1 fully saturated rings. The number of halogens is 1. The minimum Gasteiger partial charge on any atom is -0.326 e. The van der Waals surface area contributed by atoms with Gasteiger partial charge >= 0.3 is 0 Å². The van der Waals surface area contributed by atoms with Gasteiger partial charge in [0.05, 0.1) is 6.07 Å². The Morgan fingerprint density at radius 3 is 2.70 bits per heavy atom. The molecule has 106 valence electrons. The lowest BCUT2D eigenvalue weighted by molar-refractivity contribution is -0.120. The summed E-state index contributed by atoms with van der Waals surface area (Å²) in [5.74, 6) is -0.0318. The van der Waals surface area contributed by atoms with Gasteiger partial charge in [-0.1, -0.05) is 15.9 Å². The van der Waals surface area contributed by atoms with Crippen molar-refractivity contribution in [3.05, 3.63) is 28.2 Å². The third kappa shape index (κ3) is 3.38. The molecule has 0 heterocycles. The minimum atomic E-state index is -0.745. The van der Waals surface area contributed by atoms with Crippen molar-refractivity contribution in [2.75, 3.05) is 5.32 Å². The number of aryl methyl sites for hydroxylation is 1. The first-order chi connectivity index (χ1) is 9.43. The fraction of sp³-hybridized carbons (Fsp3) is 0.467. The van der Waals surface area contributed by atoms with Crippen molar-refractivity contribution in [2.24, 2.45) is 11.7 Å². The number of nitriles is 1. The van der Waals surface area contributed by atoms with Crippen molar-refractivity contribution in [1.82, 2.24) is 0 Å². The number of hydrogen-bond acceptors (Lipinski definition) is 3. The van der Waals surface area contributed by atoms with Crippen LogP contribution in [-0.2, 0) is 4.79 Å². The van der Waals surface area contributed by atoms with E-state index < -0.39 is 5.54 Å². The molecule has 1 aromatic carbocycles. The van der Waals surface area contributed by atoms with Crippen LogP contribution in [0.25, 0.3) is 0 Å². The molecule has 3 N–H and O–H groups in total. The van der Waals surface area contributed by atoms with Gasteiger partial charge in [0.2, 0.25) is 5.91 Å². The maximum absolute atomic E-state index is 12.2. The van der Waals surface area contributed by atoms with Gasteiger partial charge in [0, 0.05) is 16.1 Å². The predicted molar refractivity (Wildman–Crippen MR) is 82.0 cm³/mol. The average molecular weight is 336 g/mol. The number of hydrogen-bond donors (Lipinski definition) is 2. The Bertz CT molecular complexity index is 557. The molecular formula is C15H18BrN3O. The second-order valence-corrected chi connectivity index (χ2v) is 6.35. The van der Waals surface area contributed by atoms with E-state index in [1.807, 2.05) is 25.1 Å². The lowest BCUT2D eigenvalue weighted by atomic mass is 9.77. The molecule has 0 aliphatic heterocycles. The zero-order chi connectivity index (χ0) is 14.8. The van der Waals surface area contributed by atoms with E-state index in [2.05, 4.69) is 27.3 Å². The van der Waals surface area contributed by atoms with Crippen LogP contribution >= 0.6 is 15.9 Å². The van der Waals surface area contributed by atoms with E-state index in [9.17, 15) is 4.79 Å². The molecule has 2 rings (SSSR count). The van der Waals surface area contributed by atoms with Crippen molar-refractivity contribution < 1.29 is 4.79 Å². The van der Waals surface area contributed by atoms with E-state index in [0.717, 1.165) is 15.7 Å². The van der Waals surface area contributed by atoms with Crippen LogP contribution in [0.15, 0.2) is 22.7 Å². The molecular weight excluding hydrogens is 318 g/mol. The van der Waals surface area contributed by atoms with Crippen molar-refractivity contribution in [2.45, 2.75) is 38.1 Å². The average Bonchev–Trinajstić information content (AvgIpc) is 2.43. The molecule has 1 aliphatic carbocycles. The number of benzene rings is 1. The van der Waals surface area contributed by atoms with Crippen LogP contribution in [0.1, 0.15) is 31.2 Å². The van der Waals surface area contributed by atoms with Crippen LogP contribution < -0.4 is 11.1 Å². The van der Waals surface area contributed by atoms with E-state index in [1.165, 1.54) is 0 Å². The monoisotopic (exact) mass is 335 g/mol. The Hall–Kier alpha value is -1.38. The second kappa shape index (κ2) is 5.94. The Balaban J connectivity index is 1.96. The maximum Gasteiger partial charge on any atom is 0.227 e. The Labute approximate surface area is 127 Å². The summed E-state index contributed by atoms with van der Waals surface area (Å²) >= 11 is 3.44. The lowest BCUT2D eigenvalue weighted by Crippen LogP contribution is -2.43. The highest BCUT2D eigenvalue weighted by atomic mass is 79.9. The number of anilines is 1. The number of nitrogens with two attached hydrogens (primary N) is 1. The summed E-state index contributed by atoms with van der Waals surface area (Å²) in [6, 6.07) is 7.88. The van der Waals surface area contributed by atoms with E-state index in [0.29, 0.717) is 25.7 Å². The topological polar surface area (TPSA) is 78.9 Å². The zero-order valence-corrected chi connectivity index (χ0v) is 13.0. The van der Waals surface area contributed by atoms with Gasteiger partial charge in [-0.15, -0.1) is 0 Å². The Morgan fingerprint density at radius 1 is 1.50 bits per heavy atom. The SMILES string of the molecule is Cc1cc(NC(=O)C2CCC(N)(C#N)CC2)ccc1Br. The van der Waals surface area contributed by atoms with Crippen LogP contribution in [0.3, 0.4) is 0 Å². The zero-order valence-electron chi connectivity index (χ0n) is 11.4. The van der Waals surface area contributed by atoms with Gasteiger partial charge in [0.25, 0.3) is 0 Å². The standard InChI is InChI=1S/C15H18BrN3O/c1-10-8-12(2-3-13(10)16)19-14(20)11-4-6-15(18,9-17)7-5-11/h2-3,8,11H,4-7,18H2,1H3,(H,19,20). The van der Waals surface area contributed by atoms with Gasteiger partial charge in [0.15, 0.2) is 0 Å². The first-order valence-electron chi connectivity index (χ1n) is 6.71. The summed E-state index contributed by atoms with van der Waals surface area (Å²) in [4.78, 5) is 12.2. The molecule has 0 bridgehead atoms. The molecule has 0 spiro atoms. The fourth-order valence-corrected chi connectivity index (χ4v) is 2.72. The highest BCUT2D eigenvalue weighted by molar-refractivity contribution is 9.10. The summed E-state index contributed by atoms with van der Waals surface area (Å²) in [6.07, 6.45) is 2.51. The van der Waals surface area contributed by atoms with Gasteiger partial charge < -0.3 is 11.1 Å². The van der Waals surface area contributed by atoms with E-state index in [4.69, 9.17) is 11.0 Å². The normalized spacial score (nSPS) is 25.8. The number of carbonyl (C=O) groups excluding carboxylic acids is 1. The fourth-order valence-electron chi connectivity index (χ4n) is 2.47.